The zero-order valence-electron chi connectivity index (χ0n) is 15.8. The first-order valence-corrected chi connectivity index (χ1v) is 8.60. The van der Waals surface area contributed by atoms with Gasteiger partial charge in [-0.2, -0.15) is 0 Å². The minimum absolute atomic E-state index is 0.286. The van der Waals surface area contributed by atoms with Crippen molar-refractivity contribution in [2.24, 2.45) is 12.8 Å². The molecule has 0 fully saturated rings. The number of methoxy groups -OCH3 is 2. The van der Waals surface area contributed by atoms with Crippen LogP contribution < -0.4 is 21.7 Å². The van der Waals surface area contributed by atoms with Crippen molar-refractivity contribution in [2.75, 3.05) is 14.2 Å². The average Bonchev–Trinajstić information content (AvgIpc) is 2.72. The van der Waals surface area contributed by atoms with Crippen molar-refractivity contribution in [2.45, 2.75) is 12.5 Å². The molecule has 1 atom stereocenters. The summed E-state index contributed by atoms with van der Waals surface area (Å²) < 4.78 is 12.3. The number of rotatable bonds is 5. The second kappa shape index (κ2) is 7.69. The van der Waals surface area contributed by atoms with Gasteiger partial charge in [0.1, 0.15) is 11.8 Å². The Kier molecular flexibility index (Phi) is 5.32. The van der Waals surface area contributed by atoms with Crippen molar-refractivity contribution >= 4 is 16.9 Å². The van der Waals surface area contributed by atoms with E-state index in [1.165, 1.54) is 18.8 Å². The van der Waals surface area contributed by atoms with Gasteiger partial charge in [0.25, 0.3) is 5.56 Å². The summed E-state index contributed by atoms with van der Waals surface area (Å²) in [6.45, 7) is 0. The number of esters is 1. The summed E-state index contributed by atoms with van der Waals surface area (Å²) in [6.07, 6.45) is 0.286. The quantitative estimate of drug-likeness (QED) is 0.652. The number of ether oxygens (including phenoxy) is 2. The van der Waals surface area contributed by atoms with Crippen LogP contribution in [0.1, 0.15) is 5.56 Å². The van der Waals surface area contributed by atoms with Crippen LogP contribution in [0.3, 0.4) is 0 Å². The van der Waals surface area contributed by atoms with Crippen LogP contribution in [-0.4, -0.2) is 35.4 Å². The first kappa shape index (κ1) is 19.4. The van der Waals surface area contributed by atoms with Crippen molar-refractivity contribution in [1.82, 2.24) is 9.13 Å². The number of carbonyl (C=O) groups excluding carboxylic acids is 1. The summed E-state index contributed by atoms with van der Waals surface area (Å²) in [4.78, 5) is 37.2. The monoisotopic (exact) mass is 383 g/mol. The molecular formula is C20H21N3O5. The molecule has 3 aromatic rings. The summed E-state index contributed by atoms with van der Waals surface area (Å²) >= 11 is 0. The molecular weight excluding hydrogens is 362 g/mol. The van der Waals surface area contributed by atoms with E-state index in [4.69, 9.17) is 10.5 Å². The van der Waals surface area contributed by atoms with Crippen LogP contribution in [-0.2, 0) is 23.0 Å². The third-order valence-corrected chi connectivity index (χ3v) is 4.63. The fourth-order valence-corrected chi connectivity index (χ4v) is 3.06. The largest absolute Gasteiger partial charge is 0.497 e. The highest BCUT2D eigenvalue weighted by Gasteiger charge is 2.16. The topological polar surface area (TPSA) is 106 Å². The predicted molar refractivity (Wildman–Crippen MR) is 105 cm³/mol. The minimum atomic E-state index is -0.778. The summed E-state index contributed by atoms with van der Waals surface area (Å²) in [5.41, 5.74) is 6.61. The van der Waals surface area contributed by atoms with Crippen LogP contribution in [0.2, 0.25) is 0 Å². The van der Waals surface area contributed by atoms with Gasteiger partial charge in [-0.15, -0.1) is 0 Å². The van der Waals surface area contributed by atoms with Crippen molar-refractivity contribution < 1.29 is 14.3 Å². The van der Waals surface area contributed by atoms with Crippen molar-refractivity contribution in [1.29, 1.82) is 0 Å². The van der Waals surface area contributed by atoms with Crippen molar-refractivity contribution in [3.63, 3.8) is 0 Å². The molecule has 146 valence electrons. The molecule has 0 saturated carbocycles. The van der Waals surface area contributed by atoms with E-state index in [0.29, 0.717) is 22.3 Å². The molecule has 0 saturated heterocycles. The molecule has 1 aromatic heterocycles. The first-order chi connectivity index (χ1) is 13.4. The lowest BCUT2D eigenvalue weighted by Gasteiger charge is -2.13. The molecule has 8 heteroatoms. The number of hydrogen-bond acceptors (Lipinski definition) is 6. The van der Waals surface area contributed by atoms with Gasteiger partial charge in [0.05, 0.1) is 30.8 Å². The number of aromatic nitrogens is 2. The highest BCUT2D eigenvalue weighted by Crippen LogP contribution is 2.17. The lowest BCUT2D eigenvalue weighted by molar-refractivity contribution is -0.142. The smallest absolute Gasteiger partial charge is 0.335 e. The van der Waals surface area contributed by atoms with E-state index >= 15 is 0 Å². The van der Waals surface area contributed by atoms with Crippen LogP contribution >= 0.6 is 0 Å². The molecule has 28 heavy (non-hydrogen) atoms. The van der Waals surface area contributed by atoms with Crippen molar-refractivity contribution in [3.05, 3.63) is 68.9 Å². The molecule has 0 aliphatic carbocycles. The van der Waals surface area contributed by atoms with E-state index in [2.05, 4.69) is 4.74 Å². The molecule has 1 heterocycles. The third-order valence-electron chi connectivity index (χ3n) is 4.63. The minimum Gasteiger partial charge on any atom is -0.497 e. The van der Waals surface area contributed by atoms with E-state index in [0.717, 1.165) is 10.1 Å². The molecule has 0 unspecified atom stereocenters. The second-order valence-electron chi connectivity index (χ2n) is 6.37. The number of nitrogens with zero attached hydrogens (tertiary/aromatic N) is 2. The maximum Gasteiger partial charge on any atom is 0.335 e. The Labute approximate surface area is 160 Å². The van der Waals surface area contributed by atoms with Crippen LogP contribution in [0.15, 0.2) is 52.1 Å². The van der Waals surface area contributed by atoms with E-state index in [9.17, 15) is 14.4 Å². The number of fused-ring (bicyclic) bond motifs is 1. The SMILES string of the molecule is COC(=O)[C@@H](N)Cc1ccc(-n2c(=O)c3cc(OC)ccc3n(C)c2=O)cc1. The number of nitrogens with two attached hydrogens (primary N) is 1. The molecule has 0 amide bonds. The lowest BCUT2D eigenvalue weighted by Crippen LogP contribution is -2.38. The van der Waals surface area contributed by atoms with Gasteiger partial charge in [0.15, 0.2) is 0 Å². The van der Waals surface area contributed by atoms with Gasteiger partial charge >= 0.3 is 11.7 Å². The summed E-state index contributed by atoms with van der Waals surface area (Å²) in [5.74, 6) is 0.0274. The van der Waals surface area contributed by atoms with Gasteiger partial charge in [0, 0.05) is 7.05 Å². The Balaban J connectivity index is 2.07. The molecule has 0 aliphatic rings. The summed E-state index contributed by atoms with van der Waals surface area (Å²) in [6, 6.07) is 10.9. The summed E-state index contributed by atoms with van der Waals surface area (Å²) in [5, 5.41) is 0.373. The van der Waals surface area contributed by atoms with Gasteiger partial charge < -0.3 is 15.2 Å². The number of benzene rings is 2. The number of hydrogen-bond donors (Lipinski definition) is 1. The molecule has 2 N–H and O–H groups in total. The van der Waals surface area contributed by atoms with Crippen molar-refractivity contribution in [3.8, 4) is 11.4 Å². The third kappa shape index (κ3) is 3.41. The zero-order chi connectivity index (χ0) is 20.4. The molecule has 0 spiro atoms. The standard InChI is InChI=1S/C20H21N3O5/c1-22-17-9-8-14(27-2)11-15(17)18(24)23(20(22)26)13-6-4-12(5-7-13)10-16(21)19(25)28-3/h4-9,11,16H,10,21H2,1-3H3/t16-/m0/s1. The van der Waals surface area contributed by atoms with Gasteiger partial charge in [-0.05, 0) is 42.3 Å². The van der Waals surface area contributed by atoms with Crippen LogP contribution in [0.4, 0.5) is 0 Å². The molecule has 2 aromatic carbocycles. The van der Waals surface area contributed by atoms with Gasteiger partial charge in [-0.25, -0.2) is 9.36 Å². The fraction of sp³-hybridized carbons (Fsp3) is 0.250. The normalized spacial score (nSPS) is 12.0. The molecule has 0 bridgehead atoms. The second-order valence-corrected chi connectivity index (χ2v) is 6.37. The van der Waals surface area contributed by atoms with E-state index in [1.807, 2.05) is 0 Å². The van der Waals surface area contributed by atoms with E-state index in [1.54, 1.807) is 49.5 Å². The Hall–Kier alpha value is -3.39. The average molecular weight is 383 g/mol. The Morgan fingerprint density at radius 1 is 1.11 bits per heavy atom. The summed E-state index contributed by atoms with van der Waals surface area (Å²) in [7, 11) is 4.40. The van der Waals surface area contributed by atoms with Crippen LogP contribution in [0.25, 0.3) is 16.6 Å². The number of carbonyl (C=O) groups is 1. The highest BCUT2D eigenvalue weighted by atomic mass is 16.5. The molecule has 0 radical (unpaired) electrons. The van der Waals surface area contributed by atoms with Gasteiger partial charge in [-0.3, -0.25) is 14.2 Å². The predicted octanol–water partition coefficient (Wildman–Crippen LogP) is 0.741. The maximum atomic E-state index is 13.0. The molecule has 0 aliphatic heterocycles. The zero-order valence-corrected chi connectivity index (χ0v) is 15.8. The van der Waals surface area contributed by atoms with E-state index < -0.39 is 23.3 Å². The maximum absolute atomic E-state index is 13.0. The fourth-order valence-electron chi connectivity index (χ4n) is 3.06. The van der Waals surface area contributed by atoms with Crippen LogP contribution in [0, 0.1) is 0 Å². The van der Waals surface area contributed by atoms with Gasteiger partial charge in [0.2, 0.25) is 0 Å². The number of aryl methyl sites for hydroxylation is 1. The Morgan fingerprint density at radius 2 is 1.79 bits per heavy atom. The van der Waals surface area contributed by atoms with Gasteiger partial charge in [-0.1, -0.05) is 12.1 Å². The van der Waals surface area contributed by atoms with E-state index in [-0.39, 0.29) is 6.42 Å². The molecule has 8 nitrogen and oxygen atoms in total. The first-order valence-electron chi connectivity index (χ1n) is 8.60. The highest BCUT2D eigenvalue weighted by molar-refractivity contribution is 5.80. The molecule has 3 rings (SSSR count). The Morgan fingerprint density at radius 3 is 2.39 bits per heavy atom. The van der Waals surface area contributed by atoms with Crippen LogP contribution in [0.5, 0.6) is 5.75 Å². The lowest BCUT2D eigenvalue weighted by atomic mass is 10.1. The Bertz CT molecular complexity index is 1150.